The van der Waals surface area contributed by atoms with Crippen molar-refractivity contribution in [2.24, 2.45) is 0 Å². The largest absolute Gasteiger partial charge is 0.477 e. The SMILES string of the molecule is CN1Cc2cc(Nc3ncc(C(=O)O)c(N)n3)ccc2CC1=O. The van der Waals surface area contributed by atoms with Gasteiger partial charge in [0.2, 0.25) is 11.9 Å². The van der Waals surface area contributed by atoms with Gasteiger partial charge in [0.05, 0.1) is 6.42 Å². The fraction of sp³-hybridized carbons (Fsp3) is 0.200. The predicted octanol–water partition coefficient (Wildman–Crippen LogP) is 1.02. The molecule has 1 aromatic heterocycles. The van der Waals surface area contributed by atoms with Crippen molar-refractivity contribution in [2.75, 3.05) is 18.1 Å². The predicted molar refractivity (Wildman–Crippen MR) is 83.3 cm³/mol. The van der Waals surface area contributed by atoms with Crippen molar-refractivity contribution in [3.8, 4) is 0 Å². The summed E-state index contributed by atoms with van der Waals surface area (Å²) in [5.74, 6) is -0.958. The molecule has 4 N–H and O–H groups in total. The molecule has 2 heterocycles. The number of carboxylic acids is 1. The molecular formula is C15H15N5O3. The number of amides is 1. The first-order valence-electron chi connectivity index (χ1n) is 6.92. The molecule has 0 saturated carbocycles. The summed E-state index contributed by atoms with van der Waals surface area (Å²) >= 11 is 0. The zero-order valence-electron chi connectivity index (χ0n) is 12.4. The van der Waals surface area contributed by atoms with Gasteiger partial charge < -0.3 is 21.1 Å². The third-order valence-electron chi connectivity index (χ3n) is 3.69. The Morgan fingerprint density at radius 1 is 1.39 bits per heavy atom. The molecule has 1 aromatic carbocycles. The number of rotatable bonds is 3. The molecule has 0 aliphatic carbocycles. The van der Waals surface area contributed by atoms with Crippen LogP contribution in [0.5, 0.6) is 0 Å². The summed E-state index contributed by atoms with van der Waals surface area (Å²) in [6, 6.07) is 5.63. The summed E-state index contributed by atoms with van der Waals surface area (Å²) in [6.07, 6.45) is 1.56. The van der Waals surface area contributed by atoms with E-state index in [1.165, 1.54) is 0 Å². The number of nitrogens with zero attached hydrogens (tertiary/aromatic N) is 3. The van der Waals surface area contributed by atoms with Crippen molar-refractivity contribution in [2.45, 2.75) is 13.0 Å². The van der Waals surface area contributed by atoms with E-state index >= 15 is 0 Å². The van der Waals surface area contributed by atoms with Crippen LogP contribution < -0.4 is 11.1 Å². The van der Waals surface area contributed by atoms with Crippen molar-refractivity contribution < 1.29 is 14.7 Å². The molecule has 0 saturated heterocycles. The second kappa shape index (κ2) is 5.56. The molecule has 3 rings (SSSR count). The van der Waals surface area contributed by atoms with E-state index in [0.717, 1.165) is 23.0 Å². The molecule has 0 radical (unpaired) electrons. The highest BCUT2D eigenvalue weighted by Gasteiger charge is 2.20. The topological polar surface area (TPSA) is 121 Å². The van der Waals surface area contributed by atoms with Gasteiger partial charge in [0, 0.05) is 25.5 Å². The second-order valence-corrected chi connectivity index (χ2v) is 5.33. The summed E-state index contributed by atoms with van der Waals surface area (Å²) in [5.41, 5.74) is 8.26. The van der Waals surface area contributed by atoms with E-state index < -0.39 is 5.97 Å². The number of aromatic nitrogens is 2. The normalized spacial score (nSPS) is 13.6. The molecular weight excluding hydrogens is 298 g/mol. The number of benzene rings is 1. The van der Waals surface area contributed by atoms with Crippen LogP contribution in [0.2, 0.25) is 0 Å². The number of nitrogens with one attached hydrogen (secondary N) is 1. The zero-order chi connectivity index (χ0) is 16.6. The summed E-state index contributed by atoms with van der Waals surface area (Å²) in [7, 11) is 1.76. The van der Waals surface area contributed by atoms with Gasteiger partial charge in [0.1, 0.15) is 11.4 Å². The Morgan fingerprint density at radius 2 is 2.17 bits per heavy atom. The summed E-state index contributed by atoms with van der Waals surface area (Å²) < 4.78 is 0. The molecule has 2 aromatic rings. The third-order valence-corrected chi connectivity index (χ3v) is 3.69. The van der Waals surface area contributed by atoms with E-state index in [1.54, 1.807) is 11.9 Å². The molecule has 1 aliphatic rings. The molecule has 1 amide bonds. The van der Waals surface area contributed by atoms with Crippen molar-refractivity contribution in [3.05, 3.63) is 41.1 Å². The van der Waals surface area contributed by atoms with E-state index in [0.29, 0.717) is 13.0 Å². The Hall–Kier alpha value is -3.16. The number of hydrogen-bond acceptors (Lipinski definition) is 6. The van der Waals surface area contributed by atoms with Crippen LogP contribution in [-0.2, 0) is 17.8 Å². The number of carbonyl (C=O) groups is 2. The van der Waals surface area contributed by atoms with E-state index in [-0.39, 0.29) is 23.2 Å². The van der Waals surface area contributed by atoms with Crippen LogP contribution >= 0.6 is 0 Å². The minimum absolute atomic E-state index is 0.0959. The van der Waals surface area contributed by atoms with Gasteiger partial charge in [0.15, 0.2) is 0 Å². The van der Waals surface area contributed by atoms with E-state index in [4.69, 9.17) is 10.8 Å². The molecule has 118 valence electrons. The Balaban J connectivity index is 1.84. The summed E-state index contributed by atoms with van der Waals surface area (Å²) in [5, 5.41) is 11.9. The minimum atomic E-state index is -1.17. The first kappa shape index (κ1) is 14.8. The molecule has 23 heavy (non-hydrogen) atoms. The fourth-order valence-electron chi connectivity index (χ4n) is 2.41. The van der Waals surface area contributed by atoms with Crippen molar-refractivity contribution >= 4 is 29.3 Å². The summed E-state index contributed by atoms with van der Waals surface area (Å²) in [4.78, 5) is 32.1. The zero-order valence-corrected chi connectivity index (χ0v) is 12.4. The van der Waals surface area contributed by atoms with Crippen molar-refractivity contribution in [1.82, 2.24) is 14.9 Å². The van der Waals surface area contributed by atoms with Gasteiger partial charge in [0.25, 0.3) is 0 Å². The number of nitrogen functional groups attached to an aromatic ring is 1. The van der Waals surface area contributed by atoms with Gasteiger partial charge >= 0.3 is 5.97 Å². The maximum Gasteiger partial charge on any atom is 0.341 e. The Kier molecular flexibility index (Phi) is 3.57. The van der Waals surface area contributed by atoms with Crippen LogP contribution in [0.25, 0.3) is 0 Å². The monoisotopic (exact) mass is 313 g/mol. The lowest BCUT2D eigenvalue weighted by Gasteiger charge is -2.25. The van der Waals surface area contributed by atoms with E-state index in [1.807, 2.05) is 18.2 Å². The lowest BCUT2D eigenvalue weighted by molar-refractivity contribution is -0.130. The molecule has 0 bridgehead atoms. The number of aromatic carboxylic acids is 1. The van der Waals surface area contributed by atoms with Gasteiger partial charge in [-0.05, 0) is 23.3 Å². The number of carbonyl (C=O) groups excluding carboxylic acids is 1. The van der Waals surface area contributed by atoms with Gasteiger partial charge in [-0.2, -0.15) is 4.98 Å². The quantitative estimate of drug-likeness (QED) is 0.773. The standard InChI is InChI=1S/C15H15N5O3/c1-20-7-9-4-10(3-2-8(9)5-12(20)21)18-15-17-6-11(14(22)23)13(16)19-15/h2-4,6H,5,7H2,1H3,(H,22,23)(H3,16,17,18,19). The lowest BCUT2D eigenvalue weighted by Crippen LogP contribution is -2.32. The van der Waals surface area contributed by atoms with E-state index in [9.17, 15) is 9.59 Å². The van der Waals surface area contributed by atoms with Crippen LogP contribution in [0.15, 0.2) is 24.4 Å². The Morgan fingerprint density at radius 3 is 2.87 bits per heavy atom. The number of nitrogens with two attached hydrogens (primary N) is 1. The first-order valence-corrected chi connectivity index (χ1v) is 6.92. The molecule has 0 fully saturated rings. The van der Waals surface area contributed by atoms with Crippen molar-refractivity contribution in [3.63, 3.8) is 0 Å². The molecule has 1 aliphatic heterocycles. The molecule has 0 unspecified atom stereocenters. The van der Waals surface area contributed by atoms with Gasteiger partial charge in [-0.1, -0.05) is 6.07 Å². The summed E-state index contributed by atoms with van der Waals surface area (Å²) in [6.45, 7) is 0.546. The average molecular weight is 313 g/mol. The molecule has 8 nitrogen and oxygen atoms in total. The second-order valence-electron chi connectivity index (χ2n) is 5.33. The number of carboxylic acid groups (broad SMARTS) is 1. The van der Waals surface area contributed by atoms with Crippen molar-refractivity contribution in [1.29, 1.82) is 0 Å². The maximum atomic E-state index is 11.7. The smallest absolute Gasteiger partial charge is 0.341 e. The van der Waals surface area contributed by atoms with Crippen LogP contribution in [0.4, 0.5) is 17.5 Å². The lowest BCUT2D eigenvalue weighted by atomic mass is 9.99. The Labute approximate surface area is 132 Å². The number of hydrogen-bond donors (Lipinski definition) is 3. The van der Waals surface area contributed by atoms with E-state index in [2.05, 4.69) is 15.3 Å². The maximum absolute atomic E-state index is 11.7. The third kappa shape index (κ3) is 2.91. The van der Waals surface area contributed by atoms with Crippen LogP contribution in [-0.4, -0.2) is 38.9 Å². The highest BCUT2D eigenvalue weighted by molar-refractivity contribution is 5.92. The van der Waals surface area contributed by atoms with Gasteiger partial charge in [-0.3, -0.25) is 4.79 Å². The first-order chi connectivity index (χ1) is 10.9. The highest BCUT2D eigenvalue weighted by Crippen LogP contribution is 2.24. The fourth-order valence-corrected chi connectivity index (χ4v) is 2.41. The highest BCUT2D eigenvalue weighted by atomic mass is 16.4. The van der Waals surface area contributed by atoms with Gasteiger partial charge in [-0.25, -0.2) is 9.78 Å². The van der Waals surface area contributed by atoms with Crippen LogP contribution in [0.3, 0.4) is 0 Å². The average Bonchev–Trinajstić information content (AvgIpc) is 2.48. The molecule has 8 heteroatoms. The number of likely N-dealkylation sites (N-methyl/N-ethyl adjacent to an activating group) is 1. The van der Waals surface area contributed by atoms with Crippen LogP contribution in [0, 0.1) is 0 Å². The molecule has 0 atom stereocenters. The number of anilines is 3. The van der Waals surface area contributed by atoms with Crippen LogP contribution in [0.1, 0.15) is 21.5 Å². The molecule has 0 spiro atoms. The Bertz CT molecular complexity index is 806. The number of fused-ring (bicyclic) bond motifs is 1. The minimum Gasteiger partial charge on any atom is -0.477 e. The van der Waals surface area contributed by atoms with Gasteiger partial charge in [-0.15, -0.1) is 0 Å².